The van der Waals surface area contributed by atoms with Crippen LogP contribution in [-0.4, -0.2) is 61.7 Å². The largest absolute Gasteiger partial charge is 0.273 e. The van der Waals surface area contributed by atoms with Gasteiger partial charge in [-0.15, -0.1) is 0 Å². The Labute approximate surface area is 152 Å². The van der Waals surface area contributed by atoms with Gasteiger partial charge in [-0.05, 0) is 12.8 Å². The Morgan fingerprint density at radius 3 is 2.52 bits per heavy atom. The van der Waals surface area contributed by atoms with Crippen molar-refractivity contribution in [2.45, 2.75) is 12.8 Å². The molecule has 0 atom stereocenters. The number of allylic oxidation sites excluding steroid dienone is 1. The van der Waals surface area contributed by atoms with Gasteiger partial charge < -0.3 is 0 Å². The van der Waals surface area contributed by atoms with E-state index in [1.165, 1.54) is 12.4 Å². The average Bonchev–Trinajstić information content (AvgIpc) is 3.32. The molecule has 27 heavy (non-hydrogen) atoms. The molecular formula is C18H13N5O4. The highest BCUT2D eigenvalue weighted by Gasteiger charge is 2.41. The van der Waals surface area contributed by atoms with Crippen LogP contribution in [0.25, 0.3) is 11.0 Å². The molecule has 0 aromatic carbocycles. The fourth-order valence-electron chi connectivity index (χ4n) is 3.76. The van der Waals surface area contributed by atoms with Crippen LogP contribution in [0.1, 0.15) is 33.6 Å². The molecule has 4 heterocycles. The number of carbonyl (C=O) groups is 4. The van der Waals surface area contributed by atoms with E-state index in [0.29, 0.717) is 28.6 Å². The first-order valence-corrected chi connectivity index (χ1v) is 8.52. The summed E-state index contributed by atoms with van der Waals surface area (Å²) in [5.41, 5.74) is 1.80. The van der Waals surface area contributed by atoms with E-state index in [4.69, 9.17) is 0 Å². The second-order valence-corrected chi connectivity index (χ2v) is 6.54. The number of rotatable bonds is 3. The molecule has 2 aliphatic heterocycles. The number of nitrogens with one attached hydrogen (secondary N) is 1. The molecule has 0 unspecified atom stereocenters. The number of H-pyrrole nitrogens is 1. The summed E-state index contributed by atoms with van der Waals surface area (Å²) in [5, 5.41) is 6.99. The van der Waals surface area contributed by atoms with E-state index < -0.39 is 11.8 Å². The van der Waals surface area contributed by atoms with Gasteiger partial charge in [-0.25, -0.2) is 4.98 Å². The van der Waals surface area contributed by atoms with E-state index in [-0.39, 0.29) is 36.0 Å². The van der Waals surface area contributed by atoms with Crippen LogP contribution in [0, 0.1) is 0 Å². The first kappa shape index (κ1) is 15.6. The summed E-state index contributed by atoms with van der Waals surface area (Å²) in [6.45, 7) is -0.0978. The van der Waals surface area contributed by atoms with Crippen LogP contribution in [0.15, 0.2) is 35.7 Å². The van der Waals surface area contributed by atoms with E-state index in [1.54, 1.807) is 6.08 Å². The molecule has 0 radical (unpaired) electrons. The summed E-state index contributed by atoms with van der Waals surface area (Å²) in [5.74, 6) is -1.67. The third-order valence-electron chi connectivity index (χ3n) is 5.11. The number of aromatic amines is 1. The molecule has 0 fully saturated rings. The lowest BCUT2D eigenvalue weighted by molar-refractivity contribution is -0.137. The monoisotopic (exact) mass is 363 g/mol. The number of fused-ring (bicyclic) bond motifs is 3. The van der Waals surface area contributed by atoms with Crippen LogP contribution in [0.4, 0.5) is 0 Å². The van der Waals surface area contributed by atoms with Crippen LogP contribution in [0.2, 0.25) is 0 Å². The Bertz CT molecular complexity index is 1130. The molecule has 134 valence electrons. The minimum absolute atomic E-state index is 0.0358. The van der Waals surface area contributed by atoms with E-state index in [0.717, 1.165) is 16.2 Å². The molecule has 2 aromatic heterocycles. The third kappa shape index (κ3) is 2.05. The maximum Gasteiger partial charge on any atom is 0.263 e. The molecule has 2 aromatic rings. The molecule has 0 saturated carbocycles. The van der Waals surface area contributed by atoms with Gasteiger partial charge in [0.1, 0.15) is 0 Å². The Morgan fingerprint density at radius 2 is 1.74 bits per heavy atom. The minimum atomic E-state index is -0.484. The van der Waals surface area contributed by atoms with Crippen molar-refractivity contribution < 1.29 is 19.2 Å². The number of imide groups is 2. The molecule has 0 spiro atoms. The van der Waals surface area contributed by atoms with Crippen molar-refractivity contribution >= 4 is 34.7 Å². The highest BCUT2D eigenvalue weighted by Crippen LogP contribution is 2.30. The predicted molar refractivity (Wildman–Crippen MR) is 91.4 cm³/mol. The molecule has 0 bridgehead atoms. The normalized spacial score (nSPS) is 19.0. The van der Waals surface area contributed by atoms with Crippen LogP contribution < -0.4 is 0 Å². The molecule has 0 saturated heterocycles. The van der Waals surface area contributed by atoms with Gasteiger partial charge >= 0.3 is 0 Å². The van der Waals surface area contributed by atoms with E-state index in [2.05, 4.69) is 15.2 Å². The zero-order chi connectivity index (χ0) is 18.7. The zero-order valence-electron chi connectivity index (χ0n) is 14.1. The molecule has 3 aliphatic rings. The van der Waals surface area contributed by atoms with Crippen LogP contribution >= 0.6 is 0 Å². The lowest BCUT2D eigenvalue weighted by Crippen LogP contribution is -2.41. The lowest BCUT2D eigenvalue weighted by atomic mass is 10.00. The van der Waals surface area contributed by atoms with Crippen molar-refractivity contribution in [3.05, 3.63) is 46.8 Å². The first-order valence-electron chi connectivity index (χ1n) is 8.52. The number of hydrogen-bond donors (Lipinski definition) is 1. The topological polar surface area (TPSA) is 116 Å². The van der Waals surface area contributed by atoms with Crippen LogP contribution in [0.5, 0.6) is 0 Å². The maximum atomic E-state index is 12.8. The number of amides is 4. The van der Waals surface area contributed by atoms with E-state index in [1.807, 2.05) is 6.08 Å². The van der Waals surface area contributed by atoms with Crippen molar-refractivity contribution in [1.29, 1.82) is 0 Å². The summed E-state index contributed by atoms with van der Waals surface area (Å²) in [6, 6.07) is 0. The number of aromatic nitrogens is 3. The van der Waals surface area contributed by atoms with E-state index >= 15 is 0 Å². The SMILES string of the molecule is O=C1C2=C(CCC=C2)C(=O)N1CCN1C(=O)c2cnc3[nH]ncc3c2C1=O. The summed E-state index contributed by atoms with van der Waals surface area (Å²) in [4.78, 5) is 56.6. The van der Waals surface area contributed by atoms with Gasteiger partial charge in [-0.1, -0.05) is 12.2 Å². The fourth-order valence-corrected chi connectivity index (χ4v) is 3.76. The van der Waals surface area contributed by atoms with Crippen molar-refractivity contribution in [3.8, 4) is 0 Å². The second-order valence-electron chi connectivity index (χ2n) is 6.54. The summed E-state index contributed by atoms with van der Waals surface area (Å²) >= 11 is 0. The summed E-state index contributed by atoms with van der Waals surface area (Å²) < 4.78 is 0. The molecular weight excluding hydrogens is 350 g/mol. The minimum Gasteiger partial charge on any atom is -0.273 e. The zero-order valence-corrected chi connectivity index (χ0v) is 14.1. The van der Waals surface area contributed by atoms with Gasteiger partial charge in [0.05, 0.1) is 22.7 Å². The number of carbonyl (C=O) groups excluding carboxylic acids is 4. The summed E-state index contributed by atoms with van der Waals surface area (Å²) in [6.07, 6.45) is 7.58. The molecule has 1 aliphatic carbocycles. The van der Waals surface area contributed by atoms with Gasteiger partial charge in [0.25, 0.3) is 23.6 Å². The van der Waals surface area contributed by atoms with Crippen LogP contribution in [0.3, 0.4) is 0 Å². The van der Waals surface area contributed by atoms with Crippen LogP contribution in [-0.2, 0) is 9.59 Å². The Kier molecular flexibility index (Phi) is 3.15. The van der Waals surface area contributed by atoms with Gasteiger partial charge in [0.15, 0.2) is 5.65 Å². The maximum absolute atomic E-state index is 12.8. The third-order valence-corrected chi connectivity index (χ3v) is 5.11. The summed E-state index contributed by atoms with van der Waals surface area (Å²) in [7, 11) is 0. The Balaban J connectivity index is 1.39. The highest BCUT2D eigenvalue weighted by molar-refractivity contribution is 6.26. The van der Waals surface area contributed by atoms with Gasteiger partial charge in [-0.3, -0.25) is 34.1 Å². The second kappa shape index (κ2) is 5.44. The van der Waals surface area contributed by atoms with Crippen molar-refractivity contribution in [3.63, 3.8) is 0 Å². The molecule has 9 nitrogen and oxygen atoms in total. The van der Waals surface area contributed by atoms with Crippen molar-refractivity contribution in [1.82, 2.24) is 25.0 Å². The lowest BCUT2D eigenvalue weighted by Gasteiger charge is -2.19. The fraction of sp³-hybridized carbons (Fsp3) is 0.222. The Hall–Kier alpha value is -3.62. The number of pyridine rings is 1. The smallest absolute Gasteiger partial charge is 0.263 e. The number of nitrogens with zero attached hydrogens (tertiary/aromatic N) is 4. The molecule has 1 N–H and O–H groups in total. The van der Waals surface area contributed by atoms with Gasteiger partial charge in [0, 0.05) is 30.4 Å². The van der Waals surface area contributed by atoms with Crippen molar-refractivity contribution in [2.24, 2.45) is 0 Å². The predicted octanol–water partition coefficient (Wildman–Crippen LogP) is 0.569. The highest BCUT2D eigenvalue weighted by atomic mass is 16.2. The van der Waals surface area contributed by atoms with Crippen molar-refractivity contribution in [2.75, 3.05) is 13.1 Å². The standard InChI is InChI=1S/C18H13N5O4/c24-15-9-3-1-2-4-10(9)16(25)22(15)5-6-23-17(26)12-7-19-14-11(8-20-21-14)13(12)18(23)27/h1,3,7-8H,2,4-6H2,(H,19,20,21). The molecule has 9 heteroatoms. The molecule has 5 rings (SSSR count). The van der Waals surface area contributed by atoms with Gasteiger partial charge in [0.2, 0.25) is 0 Å². The average molecular weight is 363 g/mol. The molecule has 4 amide bonds. The van der Waals surface area contributed by atoms with E-state index in [9.17, 15) is 19.2 Å². The number of hydrogen-bond acceptors (Lipinski definition) is 6. The quantitative estimate of drug-likeness (QED) is 0.797. The van der Waals surface area contributed by atoms with Gasteiger partial charge in [-0.2, -0.15) is 5.10 Å². The first-order chi connectivity index (χ1) is 13.1. The Morgan fingerprint density at radius 1 is 0.963 bits per heavy atom.